The second-order valence-electron chi connectivity index (χ2n) is 6.93. The summed E-state index contributed by atoms with van der Waals surface area (Å²) in [7, 11) is 1.80. The van der Waals surface area contributed by atoms with Crippen LogP contribution >= 0.6 is 0 Å². The normalized spacial score (nSPS) is 15.1. The van der Waals surface area contributed by atoms with Crippen LogP contribution < -0.4 is 4.90 Å². The number of nitrogens with zero attached hydrogens (tertiary/aromatic N) is 3. The molecule has 1 amide bonds. The molecule has 0 radical (unpaired) electrons. The van der Waals surface area contributed by atoms with Gasteiger partial charge in [0.05, 0.1) is 6.54 Å². The Kier molecular flexibility index (Phi) is 5.89. The number of carbonyl (C=O) groups excluding carboxylic acids is 1. The topological polar surface area (TPSA) is 26.8 Å². The minimum atomic E-state index is -0.255. The summed E-state index contributed by atoms with van der Waals surface area (Å²) >= 11 is 0. The van der Waals surface area contributed by atoms with E-state index in [0.29, 0.717) is 13.1 Å². The lowest BCUT2D eigenvalue weighted by atomic mass is 10.1. The van der Waals surface area contributed by atoms with Crippen molar-refractivity contribution in [3.8, 4) is 0 Å². The quantitative estimate of drug-likeness (QED) is 0.825. The van der Waals surface area contributed by atoms with Gasteiger partial charge in [0.25, 0.3) is 0 Å². The third kappa shape index (κ3) is 4.61. The molecule has 5 heteroatoms. The Balaban J connectivity index is 1.48. The molecule has 0 atom stereocenters. The second kappa shape index (κ2) is 8.32. The maximum absolute atomic E-state index is 13.0. The zero-order valence-corrected chi connectivity index (χ0v) is 15.5. The summed E-state index contributed by atoms with van der Waals surface area (Å²) in [4.78, 5) is 18.8. The van der Waals surface area contributed by atoms with Gasteiger partial charge >= 0.3 is 0 Å². The summed E-state index contributed by atoms with van der Waals surface area (Å²) in [6, 6.07) is 14.7. The first-order valence-electron chi connectivity index (χ1n) is 9.04. The number of halogens is 1. The molecular formula is C21H26FN3O. The van der Waals surface area contributed by atoms with E-state index < -0.39 is 0 Å². The number of carbonyl (C=O) groups is 1. The van der Waals surface area contributed by atoms with Crippen LogP contribution in [0, 0.1) is 12.7 Å². The highest BCUT2D eigenvalue weighted by atomic mass is 19.1. The molecule has 1 heterocycles. The largest absolute Gasteiger partial charge is 0.369 e. The van der Waals surface area contributed by atoms with E-state index in [-0.39, 0.29) is 11.7 Å². The first kappa shape index (κ1) is 18.4. The fraction of sp³-hybridized carbons (Fsp3) is 0.381. The van der Waals surface area contributed by atoms with Crippen LogP contribution in [0.5, 0.6) is 0 Å². The Labute approximate surface area is 154 Å². The van der Waals surface area contributed by atoms with Crippen molar-refractivity contribution < 1.29 is 9.18 Å². The number of rotatable bonds is 5. The lowest BCUT2D eigenvalue weighted by molar-refractivity contribution is -0.131. The Morgan fingerprint density at radius 1 is 1.04 bits per heavy atom. The third-order valence-corrected chi connectivity index (χ3v) is 4.95. The van der Waals surface area contributed by atoms with E-state index in [9.17, 15) is 9.18 Å². The average molecular weight is 355 g/mol. The number of anilines is 1. The van der Waals surface area contributed by atoms with E-state index >= 15 is 0 Å². The smallest absolute Gasteiger partial charge is 0.236 e. The molecule has 1 saturated heterocycles. The molecule has 2 aromatic rings. The predicted molar refractivity (Wildman–Crippen MR) is 103 cm³/mol. The molecule has 1 fully saturated rings. The van der Waals surface area contributed by atoms with Gasteiger partial charge in [0.15, 0.2) is 0 Å². The van der Waals surface area contributed by atoms with Crippen molar-refractivity contribution in [3.63, 3.8) is 0 Å². The molecule has 0 bridgehead atoms. The number of para-hydroxylation sites is 1. The van der Waals surface area contributed by atoms with E-state index in [4.69, 9.17) is 0 Å². The van der Waals surface area contributed by atoms with E-state index in [1.165, 1.54) is 23.4 Å². The van der Waals surface area contributed by atoms with E-state index in [1.807, 2.05) is 0 Å². The van der Waals surface area contributed by atoms with Crippen LogP contribution in [0.1, 0.15) is 11.1 Å². The Morgan fingerprint density at radius 2 is 1.69 bits per heavy atom. The molecule has 0 aromatic heterocycles. The lowest BCUT2D eigenvalue weighted by Gasteiger charge is -2.37. The first-order valence-corrected chi connectivity index (χ1v) is 9.04. The number of benzene rings is 2. The van der Waals surface area contributed by atoms with Crippen molar-refractivity contribution in [2.24, 2.45) is 0 Å². The fourth-order valence-corrected chi connectivity index (χ4v) is 3.33. The van der Waals surface area contributed by atoms with E-state index in [0.717, 1.165) is 31.7 Å². The summed E-state index contributed by atoms with van der Waals surface area (Å²) in [5, 5.41) is 0. The number of likely N-dealkylation sites (N-methyl/N-ethyl adjacent to an activating group) is 1. The number of hydrogen-bond acceptors (Lipinski definition) is 3. The molecule has 0 spiro atoms. The summed E-state index contributed by atoms with van der Waals surface area (Å²) in [5.41, 5.74) is 3.51. The molecule has 1 aliphatic heterocycles. The minimum Gasteiger partial charge on any atom is -0.369 e. The molecule has 138 valence electrons. The lowest BCUT2D eigenvalue weighted by Crippen LogP contribution is -2.49. The molecule has 3 rings (SSSR count). The monoisotopic (exact) mass is 355 g/mol. The molecule has 0 aliphatic carbocycles. The third-order valence-electron chi connectivity index (χ3n) is 4.95. The predicted octanol–water partition coefficient (Wildman–Crippen LogP) is 2.91. The molecule has 0 saturated carbocycles. The molecule has 4 nitrogen and oxygen atoms in total. The summed E-state index contributed by atoms with van der Waals surface area (Å²) < 4.78 is 13.0. The van der Waals surface area contributed by atoms with Crippen molar-refractivity contribution in [1.82, 2.24) is 9.80 Å². The van der Waals surface area contributed by atoms with Gasteiger partial charge in [-0.05, 0) is 36.2 Å². The second-order valence-corrected chi connectivity index (χ2v) is 6.93. The van der Waals surface area contributed by atoms with Gasteiger partial charge < -0.3 is 9.80 Å². The zero-order chi connectivity index (χ0) is 18.5. The number of hydrogen-bond donors (Lipinski definition) is 0. The van der Waals surface area contributed by atoms with Gasteiger partial charge in [-0.2, -0.15) is 0 Å². The molecule has 1 aliphatic rings. The van der Waals surface area contributed by atoms with Crippen molar-refractivity contribution in [2.45, 2.75) is 13.5 Å². The highest BCUT2D eigenvalue weighted by Gasteiger charge is 2.21. The van der Waals surface area contributed by atoms with Crippen molar-refractivity contribution >= 4 is 11.6 Å². The molecular weight excluding hydrogens is 329 g/mol. The SMILES string of the molecule is Cc1ccccc1N1CCN(CC(=O)N(C)Cc2ccc(F)cc2)CC1. The van der Waals surface area contributed by atoms with Crippen LogP contribution in [0.15, 0.2) is 48.5 Å². The van der Waals surface area contributed by atoms with Gasteiger partial charge in [-0.1, -0.05) is 30.3 Å². The maximum atomic E-state index is 13.0. The molecule has 0 N–H and O–H groups in total. The van der Waals surface area contributed by atoms with Crippen LogP contribution in [-0.2, 0) is 11.3 Å². The van der Waals surface area contributed by atoms with E-state index in [1.54, 1.807) is 24.1 Å². The van der Waals surface area contributed by atoms with Gasteiger partial charge in [-0.25, -0.2) is 4.39 Å². The molecule has 0 unspecified atom stereocenters. The number of piperazine rings is 1. The average Bonchev–Trinajstić information content (AvgIpc) is 2.65. The van der Waals surface area contributed by atoms with Crippen LogP contribution in [0.25, 0.3) is 0 Å². The van der Waals surface area contributed by atoms with Crippen LogP contribution in [0.2, 0.25) is 0 Å². The standard InChI is InChI=1S/C21H26FN3O/c1-17-5-3-4-6-20(17)25-13-11-24(12-14-25)16-21(26)23(2)15-18-7-9-19(22)10-8-18/h3-10H,11-16H2,1-2H3. The summed E-state index contributed by atoms with van der Waals surface area (Å²) in [6.07, 6.45) is 0. The van der Waals surface area contributed by atoms with Crippen molar-refractivity contribution in [2.75, 3.05) is 44.7 Å². The van der Waals surface area contributed by atoms with Crippen LogP contribution in [0.3, 0.4) is 0 Å². The Bertz CT molecular complexity index is 739. The number of aryl methyl sites for hydroxylation is 1. The van der Waals surface area contributed by atoms with Gasteiger partial charge in [0.1, 0.15) is 5.82 Å². The maximum Gasteiger partial charge on any atom is 0.236 e. The van der Waals surface area contributed by atoms with E-state index in [2.05, 4.69) is 41.0 Å². The van der Waals surface area contributed by atoms with Gasteiger partial charge in [-0.3, -0.25) is 9.69 Å². The number of amides is 1. The van der Waals surface area contributed by atoms with Crippen LogP contribution in [0.4, 0.5) is 10.1 Å². The summed E-state index contributed by atoms with van der Waals surface area (Å²) in [5.74, 6) is -0.159. The van der Waals surface area contributed by atoms with Gasteiger partial charge in [0, 0.05) is 45.5 Å². The Morgan fingerprint density at radius 3 is 2.35 bits per heavy atom. The zero-order valence-electron chi connectivity index (χ0n) is 15.5. The molecule has 2 aromatic carbocycles. The van der Waals surface area contributed by atoms with Crippen LogP contribution in [-0.4, -0.2) is 55.5 Å². The Hall–Kier alpha value is -2.40. The fourth-order valence-electron chi connectivity index (χ4n) is 3.33. The summed E-state index contributed by atoms with van der Waals surface area (Å²) in [6.45, 7) is 6.69. The van der Waals surface area contributed by atoms with Crippen molar-refractivity contribution in [3.05, 3.63) is 65.5 Å². The molecule has 26 heavy (non-hydrogen) atoms. The first-order chi connectivity index (χ1) is 12.5. The highest BCUT2D eigenvalue weighted by Crippen LogP contribution is 2.20. The highest BCUT2D eigenvalue weighted by molar-refractivity contribution is 5.78. The van der Waals surface area contributed by atoms with Gasteiger partial charge in [-0.15, -0.1) is 0 Å². The van der Waals surface area contributed by atoms with Crippen molar-refractivity contribution in [1.29, 1.82) is 0 Å². The minimum absolute atomic E-state index is 0.0960. The van der Waals surface area contributed by atoms with Gasteiger partial charge in [0.2, 0.25) is 5.91 Å².